The van der Waals surface area contributed by atoms with Crippen molar-refractivity contribution in [3.63, 3.8) is 0 Å². The highest BCUT2D eigenvalue weighted by Gasteiger charge is 2.33. The Kier molecular flexibility index (Phi) is 9.12. The van der Waals surface area contributed by atoms with E-state index in [2.05, 4.69) is 23.8 Å². The van der Waals surface area contributed by atoms with Gasteiger partial charge in [-0.3, -0.25) is 4.79 Å². The number of hydrogen-bond donors (Lipinski definition) is 0. The molecule has 2 aromatic rings. The lowest BCUT2D eigenvalue weighted by atomic mass is 9.69. The summed E-state index contributed by atoms with van der Waals surface area (Å²) in [6.07, 6.45) is 19.8. The van der Waals surface area contributed by atoms with Gasteiger partial charge >= 0.3 is 5.97 Å². The third kappa shape index (κ3) is 6.67. The third-order valence-electron chi connectivity index (χ3n) is 8.35. The lowest BCUT2D eigenvalue weighted by Gasteiger charge is -2.37. The summed E-state index contributed by atoms with van der Waals surface area (Å²) in [5, 5.41) is 0. The maximum Gasteiger partial charge on any atom is 0.314 e. The summed E-state index contributed by atoms with van der Waals surface area (Å²) in [5.74, 6) is 3.97. The van der Waals surface area contributed by atoms with Crippen LogP contribution in [0.5, 0.6) is 5.75 Å². The zero-order valence-electron chi connectivity index (χ0n) is 21.2. The van der Waals surface area contributed by atoms with Crippen LogP contribution < -0.4 is 4.74 Å². The van der Waals surface area contributed by atoms with Crippen molar-refractivity contribution in [2.75, 3.05) is 0 Å². The summed E-state index contributed by atoms with van der Waals surface area (Å²) < 4.78 is 5.75. The maximum atomic E-state index is 12.8. The molecule has 0 saturated heterocycles. The molecule has 4 heteroatoms. The fourth-order valence-corrected chi connectivity index (χ4v) is 5.98. The van der Waals surface area contributed by atoms with Crippen LogP contribution in [0.15, 0.2) is 36.7 Å². The Labute approximate surface area is 205 Å². The lowest BCUT2D eigenvalue weighted by molar-refractivity contribution is -0.140. The van der Waals surface area contributed by atoms with Gasteiger partial charge in [0.05, 0.1) is 5.92 Å². The van der Waals surface area contributed by atoms with Crippen LogP contribution in [0.25, 0.3) is 11.4 Å². The molecule has 184 valence electrons. The van der Waals surface area contributed by atoms with Crippen LogP contribution in [0.4, 0.5) is 0 Å². The van der Waals surface area contributed by atoms with Crippen molar-refractivity contribution in [3.05, 3.63) is 42.2 Å². The van der Waals surface area contributed by atoms with Crippen LogP contribution in [0.1, 0.15) is 96.5 Å². The first-order valence-corrected chi connectivity index (χ1v) is 13.8. The van der Waals surface area contributed by atoms with E-state index in [0.29, 0.717) is 11.6 Å². The van der Waals surface area contributed by atoms with Crippen LogP contribution in [0.2, 0.25) is 0 Å². The van der Waals surface area contributed by atoms with E-state index in [4.69, 9.17) is 4.74 Å². The van der Waals surface area contributed by atoms with Crippen molar-refractivity contribution >= 4 is 5.97 Å². The Hall–Kier alpha value is -2.23. The first kappa shape index (κ1) is 24.9. The molecule has 1 heterocycles. The Bertz CT molecular complexity index is 877. The average molecular weight is 463 g/mol. The molecule has 1 aromatic carbocycles. The second kappa shape index (κ2) is 12.5. The zero-order valence-corrected chi connectivity index (χ0v) is 21.2. The second-order valence-electron chi connectivity index (χ2n) is 10.6. The predicted octanol–water partition coefficient (Wildman–Crippen LogP) is 7.80. The molecule has 34 heavy (non-hydrogen) atoms. The van der Waals surface area contributed by atoms with Crippen molar-refractivity contribution in [2.24, 2.45) is 23.7 Å². The van der Waals surface area contributed by atoms with Crippen molar-refractivity contribution in [2.45, 2.75) is 97.3 Å². The quantitative estimate of drug-likeness (QED) is 0.217. The fraction of sp³-hybridized carbons (Fsp3) is 0.633. The van der Waals surface area contributed by atoms with Gasteiger partial charge in [0.25, 0.3) is 0 Å². The molecule has 1 aromatic heterocycles. The molecular weight excluding hydrogens is 420 g/mol. The van der Waals surface area contributed by atoms with E-state index in [0.717, 1.165) is 42.6 Å². The van der Waals surface area contributed by atoms with E-state index in [-0.39, 0.29) is 11.9 Å². The summed E-state index contributed by atoms with van der Waals surface area (Å²) in [5.41, 5.74) is 2.13. The SMILES string of the molecule is CCCCCc1cnc(-c2ccc(OC(=O)[C@H]3CC[C@H]([C@H]4CC[C@H](CC)CC4)CC3)cc2)nc1. The van der Waals surface area contributed by atoms with Gasteiger partial charge in [-0.15, -0.1) is 0 Å². The number of esters is 1. The van der Waals surface area contributed by atoms with Crippen molar-refractivity contribution in [1.82, 2.24) is 9.97 Å². The normalized spacial score (nSPS) is 25.1. The van der Waals surface area contributed by atoms with Crippen LogP contribution in [-0.4, -0.2) is 15.9 Å². The van der Waals surface area contributed by atoms with Crippen molar-refractivity contribution in [3.8, 4) is 17.1 Å². The van der Waals surface area contributed by atoms with E-state index in [9.17, 15) is 4.79 Å². The molecule has 2 aliphatic rings. The van der Waals surface area contributed by atoms with Gasteiger partial charge in [0, 0.05) is 18.0 Å². The molecule has 2 saturated carbocycles. The number of carbonyl (C=O) groups is 1. The van der Waals surface area contributed by atoms with Gasteiger partial charge in [-0.05, 0) is 98.9 Å². The number of aromatic nitrogens is 2. The fourth-order valence-electron chi connectivity index (χ4n) is 5.98. The van der Waals surface area contributed by atoms with E-state index in [1.165, 1.54) is 69.8 Å². The van der Waals surface area contributed by atoms with E-state index in [1.54, 1.807) is 0 Å². The van der Waals surface area contributed by atoms with Gasteiger partial charge in [0.15, 0.2) is 5.82 Å². The summed E-state index contributed by atoms with van der Waals surface area (Å²) >= 11 is 0. The van der Waals surface area contributed by atoms with Gasteiger partial charge in [0.2, 0.25) is 0 Å². The van der Waals surface area contributed by atoms with Crippen molar-refractivity contribution in [1.29, 1.82) is 0 Å². The van der Waals surface area contributed by atoms with E-state index >= 15 is 0 Å². The highest BCUT2D eigenvalue weighted by atomic mass is 16.5. The molecule has 0 atom stereocenters. The highest BCUT2D eigenvalue weighted by Crippen LogP contribution is 2.42. The summed E-state index contributed by atoms with van der Waals surface area (Å²) in [4.78, 5) is 21.8. The van der Waals surface area contributed by atoms with Crippen LogP contribution in [-0.2, 0) is 11.2 Å². The Morgan fingerprint density at radius 1 is 0.853 bits per heavy atom. The molecule has 0 spiro atoms. The average Bonchev–Trinajstić information content (AvgIpc) is 2.90. The van der Waals surface area contributed by atoms with Gasteiger partial charge in [-0.1, -0.05) is 46.0 Å². The summed E-state index contributed by atoms with van der Waals surface area (Å²) in [6, 6.07) is 7.61. The van der Waals surface area contributed by atoms with Gasteiger partial charge in [-0.25, -0.2) is 9.97 Å². The van der Waals surface area contributed by atoms with Crippen LogP contribution >= 0.6 is 0 Å². The zero-order chi connectivity index (χ0) is 23.8. The highest BCUT2D eigenvalue weighted by molar-refractivity contribution is 5.75. The Morgan fingerprint density at radius 2 is 1.47 bits per heavy atom. The number of unbranched alkanes of at least 4 members (excludes halogenated alkanes) is 2. The number of nitrogens with zero attached hydrogens (tertiary/aromatic N) is 2. The number of ether oxygens (including phenoxy) is 1. The summed E-state index contributed by atoms with van der Waals surface area (Å²) in [6.45, 7) is 4.54. The molecular formula is C30H42N2O2. The molecule has 0 N–H and O–H groups in total. The minimum atomic E-state index is -0.0615. The minimum absolute atomic E-state index is 0.0477. The van der Waals surface area contributed by atoms with E-state index in [1.807, 2.05) is 36.7 Å². The molecule has 0 unspecified atom stereocenters. The summed E-state index contributed by atoms with van der Waals surface area (Å²) in [7, 11) is 0. The molecule has 4 rings (SSSR count). The number of hydrogen-bond acceptors (Lipinski definition) is 4. The number of rotatable bonds is 9. The molecule has 0 radical (unpaired) electrons. The minimum Gasteiger partial charge on any atom is -0.426 e. The molecule has 2 aliphatic carbocycles. The van der Waals surface area contributed by atoms with Gasteiger partial charge in [-0.2, -0.15) is 0 Å². The number of benzene rings is 1. The standard InChI is InChI=1S/C30H42N2O2/c1-3-5-6-7-23-20-31-29(32-21-23)26-16-18-28(19-17-26)34-30(33)27-14-12-25(13-15-27)24-10-8-22(4-2)9-11-24/h16-22,24-25,27H,3-15H2,1-2H3/t22-,24-,25-,27-. The third-order valence-corrected chi connectivity index (χ3v) is 8.35. The molecule has 0 amide bonds. The molecule has 4 nitrogen and oxygen atoms in total. The number of carbonyl (C=O) groups excluding carboxylic acids is 1. The van der Waals surface area contributed by atoms with Crippen LogP contribution in [0.3, 0.4) is 0 Å². The van der Waals surface area contributed by atoms with Crippen LogP contribution in [0, 0.1) is 23.7 Å². The largest absolute Gasteiger partial charge is 0.426 e. The van der Waals surface area contributed by atoms with E-state index < -0.39 is 0 Å². The molecule has 0 bridgehead atoms. The monoisotopic (exact) mass is 462 g/mol. The first-order chi connectivity index (χ1) is 16.7. The predicted molar refractivity (Wildman–Crippen MR) is 138 cm³/mol. The Morgan fingerprint density at radius 3 is 2.06 bits per heavy atom. The molecule has 2 fully saturated rings. The smallest absolute Gasteiger partial charge is 0.314 e. The maximum absolute atomic E-state index is 12.8. The van der Waals surface area contributed by atoms with Crippen molar-refractivity contribution < 1.29 is 9.53 Å². The second-order valence-corrected chi connectivity index (χ2v) is 10.6. The first-order valence-electron chi connectivity index (χ1n) is 13.8. The van der Waals surface area contributed by atoms with Gasteiger partial charge < -0.3 is 4.74 Å². The Balaban J connectivity index is 1.23. The topological polar surface area (TPSA) is 52.1 Å². The molecule has 0 aliphatic heterocycles. The number of aryl methyl sites for hydroxylation is 1. The lowest BCUT2D eigenvalue weighted by Crippen LogP contribution is -2.30. The van der Waals surface area contributed by atoms with Gasteiger partial charge in [0.1, 0.15) is 5.75 Å².